The van der Waals surface area contributed by atoms with Gasteiger partial charge >= 0.3 is 0 Å². The van der Waals surface area contributed by atoms with Crippen molar-refractivity contribution in [3.8, 4) is 11.5 Å². The van der Waals surface area contributed by atoms with Gasteiger partial charge in [-0.3, -0.25) is 0 Å². The lowest BCUT2D eigenvalue weighted by atomic mass is 10.1. The molecule has 0 atom stereocenters. The third-order valence-electron chi connectivity index (χ3n) is 2.63. The van der Waals surface area contributed by atoms with Crippen molar-refractivity contribution in [1.82, 2.24) is 0 Å². The molecule has 0 N–H and O–H groups in total. The van der Waals surface area contributed by atoms with Crippen LogP contribution < -0.4 is 9.47 Å². The van der Waals surface area contributed by atoms with Crippen LogP contribution in [0.2, 0.25) is 0 Å². The van der Waals surface area contributed by atoms with Gasteiger partial charge in [-0.1, -0.05) is 35.3 Å². The maximum atomic E-state index is 14.2. The zero-order valence-electron chi connectivity index (χ0n) is 13.4. The predicted octanol–water partition coefficient (Wildman–Crippen LogP) is 4.88. The number of oxime groups is 1. The predicted molar refractivity (Wildman–Crippen MR) is 91.3 cm³/mol. The van der Waals surface area contributed by atoms with Crippen molar-refractivity contribution in [2.45, 2.75) is 27.2 Å². The van der Waals surface area contributed by atoms with Crippen LogP contribution in [0.3, 0.4) is 0 Å². The number of ether oxygens (including phenoxy) is 2. The number of hydrogen-bond donors (Lipinski definition) is 0. The highest BCUT2D eigenvalue weighted by Gasteiger charge is 2.12. The summed E-state index contributed by atoms with van der Waals surface area (Å²) >= 11 is 11.0. The van der Waals surface area contributed by atoms with Crippen LogP contribution in [0.1, 0.15) is 26.3 Å². The molecule has 0 unspecified atom stereocenters. The number of halogens is 3. The minimum Gasteiger partial charge on any atom is -0.489 e. The van der Waals surface area contributed by atoms with Crippen molar-refractivity contribution in [3.63, 3.8) is 0 Å². The highest BCUT2D eigenvalue weighted by molar-refractivity contribution is 6.55. The first-order chi connectivity index (χ1) is 10.9. The minimum absolute atomic E-state index is 0.103. The van der Waals surface area contributed by atoms with Crippen LogP contribution in [0.5, 0.6) is 11.5 Å². The fourth-order valence-electron chi connectivity index (χ4n) is 1.69. The Morgan fingerprint density at radius 1 is 1.22 bits per heavy atom. The third kappa shape index (κ3) is 7.57. The molecule has 7 heteroatoms. The summed E-state index contributed by atoms with van der Waals surface area (Å²) in [5.41, 5.74) is 1.51. The van der Waals surface area contributed by atoms with Crippen LogP contribution in [0, 0.1) is 5.82 Å². The normalized spacial score (nSPS) is 10.0. The van der Waals surface area contributed by atoms with Gasteiger partial charge in [0.1, 0.15) is 23.5 Å². The molecule has 0 fully saturated rings. The lowest BCUT2D eigenvalue weighted by Gasteiger charge is -2.13. The molecule has 4 nitrogen and oxygen atoms in total. The van der Waals surface area contributed by atoms with Gasteiger partial charge in [0.25, 0.3) is 0 Å². The second-order valence-electron chi connectivity index (χ2n) is 4.77. The van der Waals surface area contributed by atoms with Crippen LogP contribution in [-0.2, 0) is 11.3 Å². The highest BCUT2D eigenvalue weighted by Crippen LogP contribution is 2.29. The van der Waals surface area contributed by atoms with Crippen LogP contribution in [0.4, 0.5) is 4.39 Å². The molecular formula is C16H20Cl2FNO3. The van der Waals surface area contributed by atoms with Gasteiger partial charge in [0, 0.05) is 11.6 Å². The van der Waals surface area contributed by atoms with Crippen molar-refractivity contribution < 1.29 is 18.7 Å². The maximum Gasteiger partial charge on any atom is 0.169 e. The molecule has 128 valence electrons. The number of aryl methyl sites for hydroxylation is 1. The fraction of sp³-hybridized carbons (Fsp3) is 0.438. The van der Waals surface area contributed by atoms with E-state index in [4.69, 9.17) is 37.5 Å². The molecule has 0 saturated heterocycles. The van der Waals surface area contributed by atoms with E-state index < -0.39 is 5.82 Å². The molecular weight excluding hydrogens is 344 g/mol. The van der Waals surface area contributed by atoms with Crippen molar-refractivity contribution in [3.05, 3.63) is 34.1 Å². The topological polar surface area (TPSA) is 40.0 Å². The first-order valence-corrected chi connectivity index (χ1v) is 7.92. The Hall–Kier alpha value is -1.46. The minimum atomic E-state index is -0.490. The molecule has 0 spiro atoms. The Morgan fingerprint density at radius 3 is 2.57 bits per heavy atom. The smallest absolute Gasteiger partial charge is 0.169 e. The Balaban J connectivity index is 2.69. The first-order valence-electron chi connectivity index (χ1n) is 7.16. The Labute approximate surface area is 145 Å². The summed E-state index contributed by atoms with van der Waals surface area (Å²) in [5.74, 6) is 0.0991. The van der Waals surface area contributed by atoms with Gasteiger partial charge in [0.05, 0.1) is 5.71 Å². The van der Waals surface area contributed by atoms with E-state index in [-0.39, 0.29) is 30.1 Å². The summed E-state index contributed by atoms with van der Waals surface area (Å²) in [7, 11) is 0. The average Bonchev–Trinajstić information content (AvgIpc) is 2.47. The third-order valence-corrected chi connectivity index (χ3v) is 2.94. The van der Waals surface area contributed by atoms with E-state index in [1.807, 2.05) is 20.8 Å². The average molecular weight is 364 g/mol. The molecule has 0 bridgehead atoms. The van der Waals surface area contributed by atoms with Gasteiger partial charge in [-0.2, -0.15) is 0 Å². The molecule has 1 aromatic rings. The molecule has 1 aromatic carbocycles. The highest BCUT2D eigenvalue weighted by atomic mass is 35.5. The second-order valence-corrected chi connectivity index (χ2v) is 5.78. The molecule has 0 heterocycles. The SMILES string of the molecule is CCc1cc(OCC=C(Cl)Cl)cc(F)c1OCCON=C(C)C. The molecule has 0 aliphatic heterocycles. The summed E-state index contributed by atoms with van der Waals surface area (Å²) in [6, 6.07) is 2.99. The van der Waals surface area contributed by atoms with Crippen molar-refractivity contribution in [2.75, 3.05) is 19.8 Å². The second kappa shape index (κ2) is 10.3. The monoisotopic (exact) mass is 363 g/mol. The molecule has 0 saturated carbocycles. The lowest BCUT2D eigenvalue weighted by Crippen LogP contribution is -2.08. The molecule has 1 rings (SSSR count). The number of nitrogens with zero attached hydrogens (tertiary/aromatic N) is 1. The van der Waals surface area contributed by atoms with Crippen molar-refractivity contribution >= 4 is 28.9 Å². The van der Waals surface area contributed by atoms with Gasteiger partial charge in [-0.15, -0.1) is 0 Å². The van der Waals surface area contributed by atoms with E-state index in [1.165, 1.54) is 12.1 Å². The van der Waals surface area contributed by atoms with E-state index >= 15 is 0 Å². The summed E-state index contributed by atoms with van der Waals surface area (Å²) < 4.78 is 25.1. The van der Waals surface area contributed by atoms with Gasteiger partial charge in [0.2, 0.25) is 0 Å². The molecule has 23 heavy (non-hydrogen) atoms. The molecule has 0 aliphatic rings. The van der Waals surface area contributed by atoms with Gasteiger partial charge < -0.3 is 14.3 Å². The summed E-state index contributed by atoms with van der Waals surface area (Å²) in [4.78, 5) is 5.01. The molecule has 0 radical (unpaired) electrons. The van der Waals surface area contributed by atoms with E-state index in [9.17, 15) is 4.39 Å². The maximum absolute atomic E-state index is 14.2. The van der Waals surface area contributed by atoms with Crippen LogP contribution in [0.15, 0.2) is 27.9 Å². The van der Waals surface area contributed by atoms with Crippen molar-refractivity contribution in [1.29, 1.82) is 0 Å². The van der Waals surface area contributed by atoms with Crippen molar-refractivity contribution in [2.24, 2.45) is 5.16 Å². The van der Waals surface area contributed by atoms with Crippen LogP contribution in [-0.4, -0.2) is 25.5 Å². The van der Waals surface area contributed by atoms with Gasteiger partial charge in [-0.05, 0) is 32.4 Å². The number of hydrogen-bond acceptors (Lipinski definition) is 4. The largest absolute Gasteiger partial charge is 0.489 e. The number of rotatable bonds is 9. The Morgan fingerprint density at radius 2 is 1.96 bits per heavy atom. The van der Waals surface area contributed by atoms with E-state index in [2.05, 4.69) is 5.16 Å². The first kappa shape index (κ1) is 19.6. The molecule has 0 aliphatic carbocycles. The Bertz CT molecular complexity index is 569. The summed E-state index contributed by atoms with van der Waals surface area (Å²) in [6.07, 6.45) is 2.08. The van der Waals surface area contributed by atoms with E-state index in [0.717, 1.165) is 5.71 Å². The zero-order chi connectivity index (χ0) is 17.2. The zero-order valence-corrected chi connectivity index (χ0v) is 14.9. The fourth-order valence-corrected chi connectivity index (χ4v) is 1.81. The van der Waals surface area contributed by atoms with E-state index in [0.29, 0.717) is 17.7 Å². The lowest BCUT2D eigenvalue weighted by molar-refractivity contribution is 0.105. The summed E-state index contributed by atoms with van der Waals surface area (Å²) in [5, 5.41) is 3.78. The van der Waals surface area contributed by atoms with Crippen LogP contribution in [0.25, 0.3) is 0 Å². The van der Waals surface area contributed by atoms with Crippen LogP contribution >= 0.6 is 23.2 Å². The van der Waals surface area contributed by atoms with Gasteiger partial charge in [0.15, 0.2) is 18.2 Å². The quantitative estimate of drug-likeness (QED) is 0.356. The molecule has 0 aromatic heterocycles. The Kier molecular flexibility index (Phi) is 8.81. The van der Waals surface area contributed by atoms with E-state index in [1.54, 1.807) is 6.07 Å². The molecule has 0 amide bonds. The van der Waals surface area contributed by atoms with Gasteiger partial charge in [-0.25, -0.2) is 4.39 Å². The standard InChI is InChI=1S/C16H20Cl2FNO3/c1-4-12-9-13(21-6-5-15(17)18)10-14(19)16(12)22-7-8-23-20-11(2)3/h5,9-10H,4,6-8H2,1-3H3. The number of benzene rings is 1. The summed E-state index contributed by atoms with van der Waals surface area (Å²) in [6.45, 7) is 6.15.